The maximum Gasteiger partial charge on any atom is 0.324 e. The molecule has 0 aromatic heterocycles. The molecule has 0 aliphatic rings. The zero-order chi connectivity index (χ0) is 23.0. The Hall–Kier alpha value is -3.68. The van der Waals surface area contributed by atoms with Crippen LogP contribution in [0.15, 0.2) is 61.2 Å². The Morgan fingerprint density at radius 3 is 2.13 bits per heavy atom. The van der Waals surface area contributed by atoms with E-state index in [-0.39, 0.29) is 18.5 Å². The third-order valence-corrected chi connectivity index (χ3v) is 5.29. The summed E-state index contributed by atoms with van der Waals surface area (Å²) >= 11 is 0. The van der Waals surface area contributed by atoms with Crippen molar-refractivity contribution < 1.29 is 28.7 Å². The molecule has 2 aromatic rings. The van der Waals surface area contributed by atoms with Gasteiger partial charge in [0.15, 0.2) is 5.41 Å². The number of nitro benzene ring substituents is 1. The highest BCUT2D eigenvalue weighted by Gasteiger charge is 2.54. The molecule has 0 amide bonds. The molecule has 8 nitrogen and oxygen atoms in total. The number of methoxy groups -OCH3 is 3. The SMILES string of the molecule is C=CCC(C(=O)OC)(C(=O)OC)C(Cc1ccccc1[N+](=O)[O-])c1ccc(OC)cc1. The van der Waals surface area contributed by atoms with E-state index in [4.69, 9.17) is 14.2 Å². The normalized spacial score (nSPS) is 11.8. The Morgan fingerprint density at radius 1 is 1.06 bits per heavy atom. The molecule has 0 bridgehead atoms. The molecule has 0 heterocycles. The van der Waals surface area contributed by atoms with Crippen molar-refractivity contribution >= 4 is 17.6 Å². The summed E-state index contributed by atoms with van der Waals surface area (Å²) in [6.45, 7) is 3.69. The molecular weight excluding hydrogens is 402 g/mol. The molecule has 2 rings (SSSR count). The first-order valence-electron chi connectivity index (χ1n) is 9.49. The summed E-state index contributed by atoms with van der Waals surface area (Å²) in [5.41, 5.74) is -0.932. The number of ether oxygens (including phenoxy) is 3. The smallest absolute Gasteiger partial charge is 0.324 e. The number of nitrogens with zero attached hydrogens (tertiary/aromatic N) is 1. The van der Waals surface area contributed by atoms with Gasteiger partial charge in [-0.15, -0.1) is 6.58 Å². The van der Waals surface area contributed by atoms with Gasteiger partial charge in [-0.25, -0.2) is 0 Å². The van der Waals surface area contributed by atoms with Crippen LogP contribution in [0, 0.1) is 15.5 Å². The van der Waals surface area contributed by atoms with Crippen molar-refractivity contribution in [3.8, 4) is 5.75 Å². The van der Waals surface area contributed by atoms with Crippen molar-refractivity contribution in [1.29, 1.82) is 0 Å². The fraction of sp³-hybridized carbons (Fsp3) is 0.304. The molecule has 0 saturated heterocycles. The average molecular weight is 427 g/mol. The third-order valence-electron chi connectivity index (χ3n) is 5.29. The fourth-order valence-corrected chi connectivity index (χ4v) is 3.76. The predicted molar refractivity (Wildman–Crippen MR) is 114 cm³/mol. The second-order valence-electron chi connectivity index (χ2n) is 6.86. The lowest BCUT2D eigenvalue weighted by Crippen LogP contribution is -2.46. The van der Waals surface area contributed by atoms with Crippen LogP contribution < -0.4 is 4.74 Å². The van der Waals surface area contributed by atoms with Crippen molar-refractivity contribution in [2.75, 3.05) is 21.3 Å². The van der Waals surface area contributed by atoms with Crippen LogP contribution in [0.2, 0.25) is 0 Å². The number of carbonyl (C=O) groups excluding carboxylic acids is 2. The molecule has 8 heteroatoms. The highest BCUT2D eigenvalue weighted by molar-refractivity contribution is 6.01. The van der Waals surface area contributed by atoms with Crippen molar-refractivity contribution in [2.45, 2.75) is 18.8 Å². The number of nitro groups is 1. The van der Waals surface area contributed by atoms with Gasteiger partial charge in [0.25, 0.3) is 5.69 Å². The highest BCUT2D eigenvalue weighted by atomic mass is 16.6. The van der Waals surface area contributed by atoms with Crippen molar-refractivity contribution in [3.63, 3.8) is 0 Å². The minimum Gasteiger partial charge on any atom is -0.497 e. The first kappa shape index (κ1) is 23.6. The average Bonchev–Trinajstić information content (AvgIpc) is 2.80. The number of carbonyl (C=O) groups is 2. The summed E-state index contributed by atoms with van der Waals surface area (Å²) in [6.07, 6.45) is 1.37. The van der Waals surface area contributed by atoms with Crippen LogP contribution in [0.3, 0.4) is 0 Å². The van der Waals surface area contributed by atoms with E-state index in [1.165, 1.54) is 33.5 Å². The largest absolute Gasteiger partial charge is 0.497 e. The van der Waals surface area contributed by atoms with Crippen LogP contribution >= 0.6 is 0 Å². The molecular formula is C23H25NO7. The predicted octanol–water partition coefficient (Wildman–Crippen LogP) is 3.84. The molecule has 0 aliphatic heterocycles. The number of benzene rings is 2. The molecule has 1 unspecified atom stereocenters. The van der Waals surface area contributed by atoms with Crippen LogP contribution in [0.1, 0.15) is 23.5 Å². The summed E-state index contributed by atoms with van der Waals surface area (Å²) in [4.78, 5) is 37.2. The Kier molecular flexibility index (Phi) is 7.90. The van der Waals surface area contributed by atoms with Crippen molar-refractivity contribution in [1.82, 2.24) is 0 Å². The quantitative estimate of drug-likeness (QED) is 0.186. The molecule has 0 fully saturated rings. The second-order valence-corrected chi connectivity index (χ2v) is 6.86. The summed E-state index contributed by atoms with van der Waals surface area (Å²) < 4.78 is 15.2. The molecule has 0 saturated carbocycles. The second kappa shape index (κ2) is 10.4. The maximum atomic E-state index is 13.0. The first-order valence-corrected chi connectivity index (χ1v) is 9.49. The van der Waals surface area contributed by atoms with Gasteiger partial charge in [0.05, 0.1) is 26.3 Å². The van der Waals surface area contributed by atoms with Gasteiger partial charge in [-0.05, 0) is 30.5 Å². The van der Waals surface area contributed by atoms with Crippen LogP contribution in [0.5, 0.6) is 5.75 Å². The Bertz CT molecular complexity index is 937. The molecule has 0 N–H and O–H groups in total. The van der Waals surface area contributed by atoms with Gasteiger partial charge < -0.3 is 14.2 Å². The lowest BCUT2D eigenvalue weighted by molar-refractivity contribution is -0.385. The summed E-state index contributed by atoms with van der Waals surface area (Å²) in [5, 5.41) is 11.6. The summed E-state index contributed by atoms with van der Waals surface area (Å²) in [5.74, 6) is -1.87. The highest BCUT2D eigenvalue weighted by Crippen LogP contribution is 2.45. The molecule has 0 aliphatic carbocycles. The molecule has 164 valence electrons. The topological polar surface area (TPSA) is 105 Å². The van der Waals surface area contributed by atoms with Gasteiger partial charge in [0.2, 0.25) is 0 Å². The summed E-state index contributed by atoms with van der Waals surface area (Å²) in [6, 6.07) is 13.0. The van der Waals surface area contributed by atoms with E-state index in [1.54, 1.807) is 42.5 Å². The van der Waals surface area contributed by atoms with E-state index < -0.39 is 28.2 Å². The monoisotopic (exact) mass is 427 g/mol. The number of rotatable bonds is 10. The van der Waals surface area contributed by atoms with Gasteiger partial charge in [-0.3, -0.25) is 19.7 Å². The lowest BCUT2D eigenvalue weighted by Gasteiger charge is -2.35. The van der Waals surface area contributed by atoms with Crippen LogP contribution in [-0.4, -0.2) is 38.2 Å². The number of esters is 2. The Balaban J connectivity index is 2.77. The maximum absolute atomic E-state index is 13.0. The zero-order valence-corrected chi connectivity index (χ0v) is 17.7. The van der Waals surface area contributed by atoms with E-state index in [0.29, 0.717) is 16.9 Å². The van der Waals surface area contributed by atoms with Crippen LogP contribution in [0.25, 0.3) is 0 Å². The van der Waals surface area contributed by atoms with Crippen LogP contribution in [0.4, 0.5) is 5.69 Å². The van der Waals surface area contributed by atoms with Crippen molar-refractivity contribution in [2.24, 2.45) is 5.41 Å². The van der Waals surface area contributed by atoms with Gasteiger partial charge in [-0.1, -0.05) is 36.4 Å². The molecule has 0 spiro atoms. The summed E-state index contributed by atoms with van der Waals surface area (Å²) in [7, 11) is 3.88. The number of hydrogen-bond acceptors (Lipinski definition) is 7. The number of para-hydroxylation sites is 1. The molecule has 31 heavy (non-hydrogen) atoms. The van der Waals surface area contributed by atoms with E-state index in [0.717, 1.165) is 0 Å². The van der Waals surface area contributed by atoms with E-state index in [9.17, 15) is 19.7 Å². The Labute approximate surface area is 180 Å². The van der Waals surface area contributed by atoms with Gasteiger partial charge in [-0.2, -0.15) is 0 Å². The Morgan fingerprint density at radius 2 is 1.65 bits per heavy atom. The number of allylic oxidation sites excluding steroid dienone is 1. The van der Waals surface area contributed by atoms with Gasteiger partial charge in [0, 0.05) is 17.5 Å². The van der Waals surface area contributed by atoms with E-state index in [2.05, 4.69) is 6.58 Å². The molecule has 2 aromatic carbocycles. The molecule has 0 radical (unpaired) electrons. The lowest BCUT2D eigenvalue weighted by atomic mass is 9.67. The van der Waals surface area contributed by atoms with E-state index >= 15 is 0 Å². The minimum atomic E-state index is -1.79. The van der Waals surface area contributed by atoms with Crippen molar-refractivity contribution in [3.05, 3.63) is 82.4 Å². The van der Waals surface area contributed by atoms with Crippen LogP contribution in [-0.2, 0) is 25.5 Å². The minimum absolute atomic E-state index is 0.0154. The number of hydrogen-bond donors (Lipinski definition) is 0. The zero-order valence-electron chi connectivity index (χ0n) is 17.7. The van der Waals surface area contributed by atoms with Gasteiger partial charge >= 0.3 is 11.9 Å². The fourth-order valence-electron chi connectivity index (χ4n) is 3.76. The standard InChI is InChI=1S/C23H25NO7/c1-5-14-23(21(25)30-3,22(26)31-4)19(16-10-12-18(29-2)13-11-16)15-17-8-6-7-9-20(17)24(27)28/h5-13,19H,1,14-15H2,2-4H3. The first-order chi connectivity index (χ1) is 14.8. The van der Waals surface area contributed by atoms with E-state index in [1.807, 2.05) is 0 Å². The third kappa shape index (κ3) is 4.74. The van der Waals surface area contributed by atoms with Gasteiger partial charge in [0.1, 0.15) is 5.75 Å². The molecule has 1 atom stereocenters.